The molecule has 1 heterocycles. The lowest BCUT2D eigenvalue weighted by molar-refractivity contribution is -0.265. The number of rotatable bonds is 2. The van der Waals surface area contributed by atoms with E-state index in [9.17, 15) is 32.6 Å². The fourth-order valence-electron chi connectivity index (χ4n) is 4.06. The molecule has 3 aromatic rings. The van der Waals surface area contributed by atoms with Crippen molar-refractivity contribution >= 4 is 22.2 Å². The molecule has 0 spiro atoms. The van der Waals surface area contributed by atoms with Gasteiger partial charge in [0.15, 0.2) is 17.2 Å². The van der Waals surface area contributed by atoms with Crippen LogP contribution in [0, 0.1) is 5.82 Å². The van der Waals surface area contributed by atoms with E-state index in [4.69, 9.17) is 0 Å². The minimum atomic E-state index is -5.05. The number of aromatic amines is 1. The van der Waals surface area contributed by atoms with Crippen LogP contribution in [0.15, 0.2) is 53.3 Å². The molecule has 31 heavy (non-hydrogen) atoms. The zero-order chi connectivity index (χ0) is 22.6. The van der Waals surface area contributed by atoms with E-state index < -0.39 is 35.8 Å². The van der Waals surface area contributed by atoms with Gasteiger partial charge in [-0.3, -0.25) is 4.79 Å². The van der Waals surface area contributed by atoms with Gasteiger partial charge in [0.25, 0.3) is 0 Å². The number of phenols is 1. The molecule has 162 valence electrons. The molecular formula is C22H18F4N2O3. The van der Waals surface area contributed by atoms with Gasteiger partial charge in [-0.05, 0) is 42.3 Å². The van der Waals surface area contributed by atoms with Crippen molar-refractivity contribution in [1.29, 1.82) is 0 Å². The lowest BCUT2D eigenvalue weighted by atomic mass is 9.72. The number of halogens is 4. The first-order valence-electron chi connectivity index (χ1n) is 9.41. The van der Waals surface area contributed by atoms with Gasteiger partial charge in [-0.2, -0.15) is 13.2 Å². The Morgan fingerprint density at radius 2 is 1.94 bits per heavy atom. The summed E-state index contributed by atoms with van der Waals surface area (Å²) in [6.45, 7) is 1.44. The van der Waals surface area contributed by atoms with Gasteiger partial charge < -0.3 is 20.5 Å². The molecule has 0 aliphatic heterocycles. The number of anilines is 1. The van der Waals surface area contributed by atoms with Crippen LogP contribution in [0.25, 0.3) is 16.5 Å². The van der Waals surface area contributed by atoms with Crippen LogP contribution in [-0.2, 0) is 0 Å². The van der Waals surface area contributed by atoms with Gasteiger partial charge >= 0.3 is 6.18 Å². The fraction of sp³-hybridized carbons (Fsp3) is 0.227. The molecule has 0 bridgehead atoms. The van der Waals surface area contributed by atoms with Gasteiger partial charge in [0.05, 0.1) is 11.6 Å². The highest BCUT2D eigenvalue weighted by Crippen LogP contribution is 2.53. The van der Waals surface area contributed by atoms with Crippen LogP contribution in [0.3, 0.4) is 0 Å². The van der Waals surface area contributed by atoms with Crippen LogP contribution in [0.4, 0.5) is 23.2 Å². The summed E-state index contributed by atoms with van der Waals surface area (Å²) in [6.07, 6.45) is -4.67. The third-order valence-corrected chi connectivity index (χ3v) is 5.63. The summed E-state index contributed by atoms with van der Waals surface area (Å²) >= 11 is 0. The number of pyridine rings is 1. The summed E-state index contributed by atoms with van der Waals surface area (Å²) in [7, 11) is 0. The predicted octanol–water partition coefficient (Wildman–Crippen LogP) is 4.63. The largest absolute Gasteiger partial charge is 0.505 e. The second-order valence-corrected chi connectivity index (χ2v) is 7.44. The number of alkyl halides is 3. The Morgan fingerprint density at radius 1 is 1.19 bits per heavy atom. The summed E-state index contributed by atoms with van der Waals surface area (Å²) in [5.41, 5.74) is -3.42. The first-order chi connectivity index (χ1) is 14.6. The second-order valence-electron chi connectivity index (χ2n) is 7.44. The highest BCUT2D eigenvalue weighted by Gasteiger charge is 2.61. The highest BCUT2D eigenvalue weighted by molar-refractivity contribution is 5.91. The topological polar surface area (TPSA) is 85.4 Å². The SMILES string of the molecule is CC=C1CC(O)(C(F)(F)F)C(Nc2cccc3[nH]c(=O)ccc23)c2ccc(O)c(F)c21. The number of hydrogen-bond acceptors (Lipinski definition) is 4. The van der Waals surface area contributed by atoms with E-state index in [2.05, 4.69) is 10.3 Å². The Kier molecular flexibility index (Phi) is 4.81. The van der Waals surface area contributed by atoms with Gasteiger partial charge in [0.1, 0.15) is 0 Å². The number of aromatic hydroxyl groups is 1. The molecule has 0 fully saturated rings. The fourth-order valence-corrected chi connectivity index (χ4v) is 4.06. The zero-order valence-corrected chi connectivity index (χ0v) is 16.2. The first-order valence-corrected chi connectivity index (χ1v) is 9.41. The number of aliphatic hydroxyl groups is 1. The minimum absolute atomic E-state index is 0.0662. The second kappa shape index (κ2) is 7.12. The summed E-state index contributed by atoms with van der Waals surface area (Å²) in [5, 5.41) is 23.8. The van der Waals surface area contributed by atoms with Crippen LogP contribution in [0.2, 0.25) is 0 Å². The van der Waals surface area contributed by atoms with Gasteiger partial charge in [-0.15, -0.1) is 0 Å². The molecule has 2 unspecified atom stereocenters. The Labute approximate surface area is 173 Å². The van der Waals surface area contributed by atoms with Gasteiger partial charge in [-0.25, -0.2) is 4.39 Å². The Bertz CT molecular complexity index is 1270. The molecule has 4 N–H and O–H groups in total. The Hall–Kier alpha value is -3.33. The molecule has 9 heteroatoms. The molecule has 1 aliphatic carbocycles. The van der Waals surface area contributed by atoms with Crippen molar-refractivity contribution in [2.75, 3.05) is 5.32 Å². The van der Waals surface area contributed by atoms with Crippen molar-refractivity contribution in [3.8, 4) is 5.75 Å². The number of benzene rings is 2. The van der Waals surface area contributed by atoms with Crippen molar-refractivity contribution in [3.05, 3.63) is 75.8 Å². The number of aromatic nitrogens is 1. The molecule has 0 saturated carbocycles. The molecule has 2 aromatic carbocycles. The summed E-state index contributed by atoms with van der Waals surface area (Å²) in [6, 6.07) is 7.64. The first kappa shape index (κ1) is 20.9. The van der Waals surface area contributed by atoms with Gasteiger partial charge in [0, 0.05) is 29.1 Å². The van der Waals surface area contributed by atoms with Crippen LogP contribution in [0.5, 0.6) is 5.75 Å². The van der Waals surface area contributed by atoms with Crippen molar-refractivity contribution in [2.45, 2.75) is 31.2 Å². The summed E-state index contributed by atoms with van der Waals surface area (Å²) < 4.78 is 57.1. The summed E-state index contributed by atoms with van der Waals surface area (Å²) in [4.78, 5) is 14.2. The van der Waals surface area contributed by atoms with E-state index in [1.807, 2.05) is 0 Å². The third-order valence-electron chi connectivity index (χ3n) is 5.63. The van der Waals surface area contributed by atoms with Crippen LogP contribution in [-0.4, -0.2) is 27.0 Å². The molecule has 0 saturated heterocycles. The Morgan fingerprint density at radius 3 is 2.61 bits per heavy atom. The monoisotopic (exact) mass is 434 g/mol. The molecular weight excluding hydrogens is 416 g/mol. The third kappa shape index (κ3) is 3.25. The number of H-pyrrole nitrogens is 1. The van der Waals surface area contributed by atoms with E-state index in [0.717, 1.165) is 12.1 Å². The lowest BCUT2D eigenvalue weighted by Crippen LogP contribution is -2.54. The molecule has 4 rings (SSSR count). The molecule has 0 amide bonds. The van der Waals surface area contributed by atoms with Gasteiger partial charge in [0.2, 0.25) is 5.56 Å². The maximum atomic E-state index is 14.8. The number of fused-ring (bicyclic) bond motifs is 2. The smallest absolute Gasteiger partial charge is 0.419 e. The molecule has 1 aliphatic rings. The maximum Gasteiger partial charge on any atom is 0.419 e. The number of hydrogen-bond donors (Lipinski definition) is 4. The van der Waals surface area contributed by atoms with E-state index in [0.29, 0.717) is 10.9 Å². The average molecular weight is 434 g/mol. The van der Waals surface area contributed by atoms with Crippen LogP contribution >= 0.6 is 0 Å². The van der Waals surface area contributed by atoms with Gasteiger partial charge in [-0.1, -0.05) is 18.2 Å². The zero-order valence-electron chi connectivity index (χ0n) is 16.2. The quantitative estimate of drug-likeness (QED) is 0.443. The van der Waals surface area contributed by atoms with Crippen LogP contribution < -0.4 is 10.9 Å². The van der Waals surface area contributed by atoms with Crippen molar-refractivity contribution in [3.63, 3.8) is 0 Å². The highest BCUT2D eigenvalue weighted by atomic mass is 19.4. The molecule has 2 atom stereocenters. The normalized spacial score (nSPS) is 22.5. The molecule has 1 aromatic heterocycles. The lowest BCUT2D eigenvalue weighted by Gasteiger charge is -2.44. The average Bonchev–Trinajstić information content (AvgIpc) is 2.71. The van der Waals surface area contributed by atoms with E-state index >= 15 is 0 Å². The van der Waals surface area contributed by atoms with Crippen LogP contribution in [0.1, 0.15) is 30.5 Å². The molecule has 5 nitrogen and oxygen atoms in total. The van der Waals surface area contributed by atoms with Crippen molar-refractivity contribution < 1.29 is 27.8 Å². The number of phenolic OH excluding ortho intramolecular Hbond substituents is 1. The standard InChI is InChI=1S/C22H18F4N2O3/c1-2-11-10-21(31,22(24,25)26)20(13-6-8-16(29)19(23)18(11)13)28-15-5-3-4-14-12(15)7-9-17(30)27-14/h2-9,20,28-29,31H,10H2,1H3,(H,27,30). The Balaban J connectivity index is 1.96. The number of allylic oxidation sites excluding steroid dienone is 1. The van der Waals surface area contributed by atoms with E-state index in [-0.39, 0.29) is 27.9 Å². The number of nitrogens with one attached hydrogen (secondary N) is 2. The van der Waals surface area contributed by atoms with E-state index in [1.165, 1.54) is 37.3 Å². The maximum absolute atomic E-state index is 14.8. The minimum Gasteiger partial charge on any atom is -0.505 e. The van der Waals surface area contributed by atoms with Crippen molar-refractivity contribution in [1.82, 2.24) is 4.98 Å². The predicted molar refractivity (Wildman–Crippen MR) is 108 cm³/mol. The summed E-state index contributed by atoms with van der Waals surface area (Å²) in [5.74, 6) is -1.75. The van der Waals surface area contributed by atoms with E-state index in [1.54, 1.807) is 6.07 Å². The molecule has 0 radical (unpaired) electrons. The van der Waals surface area contributed by atoms with Crippen molar-refractivity contribution in [2.24, 2.45) is 0 Å².